The Morgan fingerprint density at radius 2 is 1.95 bits per heavy atom. The summed E-state index contributed by atoms with van der Waals surface area (Å²) in [4.78, 5) is 4.59. The van der Waals surface area contributed by atoms with Crippen molar-refractivity contribution in [1.29, 1.82) is 0 Å². The zero-order chi connectivity index (χ0) is 13.8. The Labute approximate surface area is 123 Å². The van der Waals surface area contributed by atoms with Crippen molar-refractivity contribution in [2.45, 2.75) is 32.0 Å². The number of aromatic nitrogens is 1. The van der Waals surface area contributed by atoms with E-state index in [1.807, 2.05) is 36.4 Å². The van der Waals surface area contributed by atoms with Gasteiger partial charge in [-0.05, 0) is 43.2 Å². The maximum atomic E-state index is 5.92. The van der Waals surface area contributed by atoms with Crippen molar-refractivity contribution >= 4 is 11.6 Å². The van der Waals surface area contributed by atoms with E-state index in [-0.39, 0.29) is 0 Å². The summed E-state index contributed by atoms with van der Waals surface area (Å²) in [5, 5.41) is 4.14. The molecule has 3 rings (SSSR count). The minimum atomic E-state index is 0.456. The maximum Gasteiger partial charge on any atom is 0.130 e. The number of nitrogens with zero attached hydrogens (tertiary/aromatic N) is 1. The molecule has 1 aromatic heterocycles. The molecule has 0 spiro atoms. The van der Waals surface area contributed by atoms with Gasteiger partial charge >= 0.3 is 0 Å². The van der Waals surface area contributed by atoms with Crippen molar-refractivity contribution in [1.82, 2.24) is 10.3 Å². The van der Waals surface area contributed by atoms with E-state index in [9.17, 15) is 0 Å². The number of benzene rings is 1. The minimum Gasteiger partial charge on any atom is -0.487 e. The van der Waals surface area contributed by atoms with Gasteiger partial charge in [0.2, 0.25) is 0 Å². The SMILES string of the molecule is Clc1cccc(OCc2cccc(CNC3CC3)n2)c1. The second-order valence-corrected chi connectivity index (χ2v) is 5.46. The van der Waals surface area contributed by atoms with E-state index in [0.717, 1.165) is 23.7 Å². The lowest BCUT2D eigenvalue weighted by atomic mass is 10.3. The number of hydrogen-bond acceptors (Lipinski definition) is 3. The zero-order valence-corrected chi connectivity index (χ0v) is 11.9. The summed E-state index contributed by atoms with van der Waals surface area (Å²) in [5.74, 6) is 0.765. The maximum absolute atomic E-state index is 5.92. The van der Waals surface area contributed by atoms with E-state index in [1.165, 1.54) is 12.8 Å². The Morgan fingerprint density at radius 1 is 1.15 bits per heavy atom. The van der Waals surface area contributed by atoms with Crippen LogP contribution in [0.4, 0.5) is 0 Å². The summed E-state index contributed by atoms with van der Waals surface area (Å²) < 4.78 is 5.70. The highest BCUT2D eigenvalue weighted by atomic mass is 35.5. The average molecular weight is 289 g/mol. The van der Waals surface area contributed by atoms with Crippen LogP contribution in [0.5, 0.6) is 5.75 Å². The van der Waals surface area contributed by atoms with Crippen LogP contribution in [0.2, 0.25) is 5.02 Å². The van der Waals surface area contributed by atoms with Gasteiger partial charge < -0.3 is 10.1 Å². The molecular weight excluding hydrogens is 272 g/mol. The second-order valence-electron chi connectivity index (χ2n) is 5.02. The molecule has 3 nitrogen and oxygen atoms in total. The lowest BCUT2D eigenvalue weighted by molar-refractivity contribution is 0.301. The fraction of sp³-hybridized carbons (Fsp3) is 0.312. The molecule has 0 aliphatic heterocycles. The number of hydrogen-bond donors (Lipinski definition) is 1. The third kappa shape index (κ3) is 3.95. The quantitative estimate of drug-likeness (QED) is 0.882. The van der Waals surface area contributed by atoms with Gasteiger partial charge in [0.25, 0.3) is 0 Å². The zero-order valence-electron chi connectivity index (χ0n) is 11.2. The van der Waals surface area contributed by atoms with Gasteiger partial charge in [0.15, 0.2) is 0 Å². The molecule has 0 bridgehead atoms. The molecule has 1 heterocycles. The fourth-order valence-electron chi connectivity index (χ4n) is 1.96. The van der Waals surface area contributed by atoms with E-state index in [4.69, 9.17) is 16.3 Å². The molecule has 0 amide bonds. The first-order valence-corrected chi connectivity index (χ1v) is 7.24. The molecule has 104 valence electrons. The molecule has 0 saturated heterocycles. The molecular formula is C16H17ClN2O. The van der Waals surface area contributed by atoms with Crippen LogP contribution in [0.3, 0.4) is 0 Å². The Balaban J connectivity index is 1.57. The first-order chi connectivity index (χ1) is 9.79. The van der Waals surface area contributed by atoms with E-state index >= 15 is 0 Å². The summed E-state index contributed by atoms with van der Waals surface area (Å²) >= 11 is 5.92. The lowest BCUT2D eigenvalue weighted by Crippen LogP contribution is -2.16. The normalized spacial score (nSPS) is 14.2. The minimum absolute atomic E-state index is 0.456. The lowest BCUT2D eigenvalue weighted by Gasteiger charge is -2.08. The van der Waals surface area contributed by atoms with Crippen molar-refractivity contribution < 1.29 is 4.74 Å². The van der Waals surface area contributed by atoms with E-state index in [1.54, 1.807) is 6.07 Å². The highest BCUT2D eigenvalue weighted by Crippen LogP contribution is 2.19. The van der Waals surface area contributed by atoms with Crippen molar-refractivity contribution in [2.75, 3.05) is 0 Å². The van der Waals surface area contributed by atoms with Crippen LogP contribution >= 0.6 is 11.6 Å². The van der Waals surface area contributed by atoms with Crippen molar-refractivity contribution in [2.24, 2.45) is 0 Å². The molecule has 1 aliphatic carbocycles. The van der Waals surface area contributed by atoms with Crippen LogP contribution in [0.1, 0.15) is 24.2 Å². The highest BCUT2D eigenvalue weighted by Gasteiger charge is 2.20. The number of nitrogens with one attached hydrogen (secondary N) is 1. The van der Waals surface area contributed by atoms with Crippen molar-refractivity contribution in [3.05, 3.63) is 58.9 Å². The predicted octanol–water partition coefficient (Wildman–Crippen LogP) is 3.57. The third-order valence-corrected chi connectivity index (χ3v) is 3.43. The molecule has 4 heteroatoms. The second kappa shape index (κ2) is 6.25. The Morgan fingerprint density at radius 3 is 2.75 bits per heavy atom. The van der Waals surface area contributed by atoms with E-state index < -0.39 is 0 Å². The predicted molar refractivity (Wildman–Crippen MR) is 79.9 cm³/mol. The third-order valence-electron chi connectivity index (χ3n) is 3.20. The summed E-state index contributed by atoms with van der Waals surface area (Å²) in [6.07, 6.45) is 2.58. The molecule has 0 unspecified atom stereocenters. The van der Waals surface area contributed by atoms with Gasteiger partial charge in [-0.3, -0.25) is 4.98 Å². The van der Waals surface area contributed by atoms with Gasteiger partial charge in [-0.25, -0.2) is 0 Å². The molecule has 0 atom stereocenters. The van der Waals surface area contributed by atoms with Gasteiger partial charge in [-0.15, -0.1) is 0 Å². The van der Waals surface area contributed by atoms with Crippen molar-refractivity contribution in [3.8, 4) is 5.75 Å². The topological polar surface area (TPSA) is 34.1 Å². The van der Waals surface area contributed by atoms with Crippen LogP contribution in [0.25, 0.3) is 0 Å². The number of halogens is 1. The van der Waals surface area contributed by atoms with Gasteiger partial charge in [0, 0.05) is 17.6 Å². The molecule has 1 N–H and O–H groups in total. The summed E-state index contributed by atoms with van der Waals surface area (Å²) in [7, 11) is 0. The fourth-order valence-corrected chi connectivity index (χ4v) is 2.14. The van der Waals surface area contributed by atoms with E-state index in [0.29, 0.717) is 17.7 Å². The molecule has 20 heavy (non-hydrogen) atoms. The number of ether oxygens (including phenoxy) is 1. The smallest absolute Gasteiger partial charge is 0.130 e. The largest absolute Gasteiger partial charge is 0.487 e. The van der Waals surface area contributed by atoms with Crippen LogP contribution in [0.15, 0.2) is 42.5 Å². The van der Waals surface area contributed by atoms with Gasteiger partial charge in [0.05, 0.1) is 11.4 Å². The summed E-state index contributed by atoms with van der Waals surface area (Å²) in [6.45, 7) is 1.29. The van der Waals surface area contributed by atoms with Crippen LogP contribution in [-0.4, -0.2) is 11.0 Å². The van der Waals surface area contributed by atoms with Gasteiger partial charge in [-0.2, -0.15) is 0 Å². The first kappa shape index (κ1) is 13.4. The molecule has 0 radical (unpaired) electrons. The Bertz CT molecular complexity index is 584. The van der Waals surface area contributed by atoms with E-state index in [2.05, 4.69) is 10.3 Å². The van der Waals surface area contributed by atoms with Crippen LogP contribution < -0.4 is 10.1 Å². The van der Waals surface area contributed by atoms with Gasteiger partial charge in [0.1, 0.15) is 12.4 Å². The standard InChI is InChI=1S/C16H17ClN2O/c17-12-3-1-6-16(9-12)20-11-15-5-2-4-14(19-15)10-18-13-7-8-13/h1-6,9,13,18H,7-8,10-11H2. The van der Waals surface area contributed by atoms with Crippen LogP contribution in [-0.2, 0) is 13.2 Å². The monoisotopic (exact) mass is 288 g/mol. The molecule has 1 aliphatic rings. The number of pyridine rings is 1. The van der Waals surface area contributed by atoms with Gasteiger partial charge in [-0.1, -0.05) is 23.7 Å². The first-order valence-electron chi connectivity index (χ1n) is 6.86. The molecule has 1 aromatic carbocycles. The van der Waals surface area contributed by atoms with Crippen LogP contribution in [0, 0.1) is 0 Å². The summed E-state index contributed by atoms with van der Waals surface area (Å²) in [6, 6.07) is 14.1. The molecule has 1 fully saturated rings. The highest BCUT2D eigenvalue weighted by molar-refractivity contribution is 6.30. The Hall–Kier alpha value is -1.58. The average Bonchev–Trinajstić information content (AvgIpc) is 3.28. The number of rotatable bonds is 6. The molecule has 2 aromatic rings. The summed E-state index contributed by atoms with van der Waals surface area (Å²) in [5.41, 5.74) is 1.99. The molecule has 1 saturated carbocycles. The Kier molecular flexibility index (Phi) is 4.19. The van der Waals surface area contributed by atoms with Crippen molar-refractivity contribution in [3.63, 3.8) is 0 Å².